The van der Waals surface area contributed by atoms with Crippen LogP contribution >= 0.6 is 0 Å². The van der Waals surface area contributed by atoms with Crippen LogP contribution in [0.25, 0.3) is 0 Å². The Morgan fingerprint density at radius 3 is 2.60 bits per heavy atom. The Hall–Kier alpha value is -1.95. The highest BCUT2D eigenvalue weighted by Crippen LogP contribution is 2.43. The van der Waals surface area contributed by atoms with Gasteiger partial charge in [0.25, 0.3) is 0 Å². The monoisotopic (exact) mass is 280 g/mol. The molecule has 0 aromatic heterocycles. The van der Waals surface area contributed by atoms with Crippen molar-refractivity contribution in [2.24, 2.45) is 11.1 Å². The van der Waals surface area contributed by atoms with Crippen molar-refractivity contribution in [3.8, 4) is 0 Å². The van der Waals surface area contributed by atoms with Crippen molar-refractivity contribution in [2.75, 3.05) is 11.9 Å². The fraction of sp³-hybridized carbons (Fsp3) is 0.429. The summed E-state index contributed by atoms with van der Waals surface area (Å²) >= 11 is 0. The van der Waals surface area contributed by atoms with Gasteiger partial charge in [-0.1, -0.05) is 6.42 Å². The van der Waals surface area contributed by atoms with E-state index >= 15 is 0 Å². The van der Waals surface area contributed by atoms with Crippen LogP contribution in [-0.2, 0) is 4.79 Å². The molecule has 1 aliphatic rings. The zero-order valence-electron chi connectivity index (χ0n) is 11.0. The molecule has 6 heteroatoms. The first kappa shape index (κ1) is 14.5. The first-order chi connectivity index (χ1) is 9.46. The molecule has 1 aromatic rings. The molecule has 1 amide bonds. The Morgan fingerprint density at radius 1 is 1.40 bits per heavy atom. The molecule has 0 bridgehead atoms. The lowest BCUT2D eigenvalue weighted by atomic mass is 9.66. The van der Waals surface area contributed by atoms with Crippen LogP contribution in [0.4, 0.5) is 10.1 Å². The van der Waals surface area contributed by atoms with E-state index in [2.05, 4.69) is 5.32 Å². The number of nitrogens with two attached hydrogens (primary N) is 1. The second-order valence-electron chi connectivity index (χ2n) is 5.28. The Kier molecular flexibility index (Phi) is 4.04. The minimum absolute atomic E-state index is 0.0194. The number of carbonyl (C=O) groups is 2. The van der Waals surface area contributed by atoms with Gasteiger partial charge in [-0.25, -0.2) is 9.18 Å². The van der Waals surface area contributed by atoms with Gasteiger partial charge in [-0.05, 0) is 43.0 Å². The summed E-state index contributed by atoms with van der Waals surface area (Å²) < 4.78 is 13.2. The standard InChI is InChI=1S/C14H17FN2O3/c15-9-2-3-10(13(19)20)11(6-9)17-12(18)7-14(8-16)4-1-5-14/h2-3,6H,1,4-5,7-8,16H2,(H,17,18)(H,19,20). The topological polar surface area (TPSA) is 92.4 Å². The smallest absolute Gasteiger partial charge is 0.337 e. The number of anilines is 1. The number of carboxylic acid groups (broad SMARTS) is 1. The number of amides is 1. The van der Waals surface area contributed by atoms with E-state index < -0.39 is 11.8 Å². The third-order valence-corrected chi connectivity index (χ3v) is 3.87. The average molecular weight is 280 g/mol. The number of benzene rings is 1. The molecule has 108 valence electrons. The molecule has 0 spiro atoms. The van der Waals surface area contributed by atoms with Crippen LogP contribution < -0.4 is 11.1 Å². The quantitative estimate of drug-likeness (QED) is 0.769. The number of rotatable bonds is 5. The highest BCUT2D eigenvalue weighted by molar-refractivity contribution is 6.00. The average Bonchev–Trinajstić information content (AvgIpc) is 2.33. The van der Waals surface area contributed by atoms with Gasteiger partial charge >= 0.3 is 5.97 Å². The van der Waals surface area contributed by atoms with Crippen molar-refractivity contribution in [1.29, 1.82) is 0 Å². The van der Waals surface area contributed by atoms with Crippen LogP contribution in [0.3, 0.4) is 0 Å². The number of aromatic carboxylic acids is 1. The Labute approximate surface area is 116 Å². The summed E-state index contributed by atoms with van der Waals surface area (Å²) in [6, 6.07) is 3.19. The molecule has 1 saturated carbocycles. The third-order valence-electron chi connectivity index (χ3n) is 3.87. The van der Waals surface area contributed by atoms with E-state index in [4.69, 9.17) is 10.8 Å². The van der Waals surface area contributed by atoms with Crippen LogP contribution in [0.2, 0.25) is 0 Å². The summed E-state index contributed by atoms with van der Waals surface area (Å²) in [5, 5.41) is 11.5. The number of carboxylic acids is 1. The largest absolute Gasteiger partial charge is 0.478 e. The normalized spacial score (nSPS) is 16.3. The van der Waals surface area contributed by atoms with Crippen molar-refractivity contribution in [3.05, 3.63) is 29.6 Å². The summed E-state index contributed by atoms with van der Waals surface area (Å²) in [6.07, 6.45) is 3.07. The highest BCUT2D eigenvalue weighted by Gasteiger charge is 2.37. The van der Waals surface area contributed by atoms with Crippen molar-refractivity contribution in [2.45, 2.75) is 25.7 Å². The van der Waals surface area contributed by atoms with Gasteiger partial charge in [0.15, 0.2) is 0 Å². The highest BCUT2D eigenvalue weighted by atomic mass is 19.1. The lowest BCUT2D eigenvalue weighted by molar-refractivity contribution is -0.119. The second kappa shape index (κ2) is 5.58. The lowest BCUT2D eigenvalue weighted by Gasteiger charge is -2.40. The van der Waals surface area contributed by atoms with E-state index in [1.54, 1.807) is 0 Å². The SMILES string of the molecule is NCC1(CC(=O)Nc2cc(F)ccc2C(=O)O)CCC1. The predicted molar refractivity (Wildman–Crippen MR) is 71.9 cm³/mol. The fourth-order valence-corrected chi connectivity index (χ4v) is 2.47. The van der Waals surface area contributed by atoms with E-state index in [1.165, 1.54) is 0 Å². The number of nitrogens with one attached hydrogen (secondary N) is 1. The molecule has 0 aliphatic heterocycles. The summed E-state index contributed by atoms with van der Waals surface area (Å²) in [6.45, 7) is 0.426. The van der Waals surface area contributed by atoms with Crippen LogP contribution in [0.15, 0.2) is 18.2 Å². The van der Waals surface area contributed by atoms with Gasteiger partial charge in [-0.2, -0.15) is 0 Å². The van der Waals surface area contributed by atoms with Gasteiger partial charge in [-0.3, -0.25) is 4.79 Å². The zero-order chi connectivity index (χ0) is 14.8. The second-order valence-corrected chi connectivity index (χ2v) is 5.28. The predicted octanol–water partition coefficient (Wildman–Crippen LogP) is 1.98. The van der Waals surface area contributed by atoms with Gasteiger partial charge < -0.3 is 16.2 Å². The fourth-order valence-electron chi connectivity index (χ4n) is 2.47. The van der Waals surface area contributed by atoms with Crippen LogP contribution in [0.5, 0.6) is 0 Å². The number of halogens is 1. The molecule has 2 rings (SSSR count). The minimum Gasteiger partial charge on any atom is -0.478 e. The van der Waals surface area contributed by atoms with Crippen molar-refractivity contribution < 1.29 is 19.1 Å². The first-order valence-electron chi connectivity index (χ1n) is 6.48. The van der Waals surface area contributed by atoms with Crippen molar-refractivity contribution in [1.82, 2.24) is 0 Å². The van der Waals surface area contributed by atoms with E-state index in [9.17, 15) is 14.0 Å². The Morgan fingerprint density at radius 2 is 2.10 bits per heavy atom. The van der Waals surface area contributed by atoms with E-state index in [0.29, 0.717) is 6.54 Å². The third kappa shape index (κ3) is 2.96. The molecule has 1 fully saturated rings. The molecular formula is C14H17FN2O3. The van der Waals surface area contributed by atoms with Crippen LogP contribution in [0.1, 0.15) is 36.0 Å². The van der Waals surface area contributed by atoms with Gasteiger partial charge in [0.2, 0.25) is 5.91 Å². The molecule has 20 heavy (non-hydrogen) atoms. The van der Waals surface area contributed by atoms with Gasteiger partial charge in [0.05, 0.1) is 11.3 Å². The molecule has 1 aliphatic carbocycles. The van der Waals surface area contributed by atoms with E-state index in [1.807, 2.05) is 0 Å². The Balaban J connectivity index is 2.11. The number of hydrogen-bond acceptors (Lipinski definition) is 3. The maximum absolute atomic E-state index is 13.2. The molecule has 4 N–H and O–H groups in total. The maximum atomic E-state index is 13.2. The lowest BCUT2D eigenvalue weighted by Crippen LogP contribution is -2.40. The first-order valence-corrected chi connectivity index (χ1v) is 6.48. The summed E-state index contributed by atoms with van der Waals surface area (Å²) in [5.41, 5.74) is 5.35. The minimum atomic E-state index is -1.21. The van der Waals surface area contributed by atoms with Crippen molar-refractivity contribution >= 4 is 17.6 Å². The Bertz CT molecular complexity index is 536. The van der Waals surface area contributed by atoms with Crippen LogP contribution in [-0.4, -0.2) is 23.5 Å². The number of carbonyl (C=O) groups excluding carboxylic acids is 1. The van der Waals surface area contributed by atoms with E-state index in [-0.39, 0.29) is 29.0 Å². The molecule has 0 heterocycles. The van der Waals surface area contributed by atoms with Crippen molar-refractivity contribution in [3.63, 3.8) is 0 Å². The maximum Gasteiger partial charge on any atom is 0.337 e. The zero-order valence-corrected chi connectivity index (χ0v) is 11.0. The molecule has 5 nitrogen and oxygen atoms in total. The summed E-state index contributed by atoms with van der Waals surface area (Å²) in [7, 11) is 0. The van der Waals surface area contributed by atoms with Gasteiger partial charge in [-0.15, -0.1) is 0 Å². The molecule has 1 aromatic carbocycles. The van der Waals surface area contributed by atoms with Gasteiger partial charge in [0, 0.05) is 6.42 Å². The molecule has 0 radical (unpaired) electrons. The van der Waals surface area contributed by atoms with Crippen LogP contribution in [0, 0.1) is 11.2 Å². The molecule has 0 atom stereocenters. The number of hydrogen-bond donors (Lipinski definition) is 3. The molecular weight excluding hydrogens is 263 g/mol. The summed E-state index contributed by atoms with van der Waals surface area (Å²) in [4.78, 5) is 23.0. The summed E-state index contributed by atoms with van der Waals surface area (Å²) in [5.74, 6) is -2.14. The molecule has 0 saturated heterocycles. The van der Waals surface area contributed by atoms with Gasteiger partial charge in [0.1, 0.15) is 5.82 Å². The van der Waals surface area contributed by atoms with E-state index in [0.717, 1.165) is 37.5 Å². The molecule has 0 unspecified atom stereocenters.